The van der Waals surface area contributed by atoms with Gasteiger partial charge in [0.25, 0.3) is 0 Å². The molecule has 1 aromatic rings. The van der Waals surface area contributed by atoms with E-state index in [0.29, 0.717) is 0 Å². The summed E-state index contributed by atoms with van der Waals surface area (Å²) in [5.74, 6) is 0. The molecule has 0 aliphatic carbocycles. The molecule has 1 unspecified atom stereocenters. The molecule has 2 N–H and O–H groups in total. The largest absolute Gasteiger partial charge is 0.371 e. The molecule has 1 rings (SSSR count). The first-order valence-electron chi connectivity index (χ1n) is 4.88. The summed E-state index contributed by atoms with van der Waals surface area (Å²) in [7, 11) is 0. The quantitative estimate of drug-likeness (QED) is 0.708. The maximum atomic E-state index is 10.2. The van der Waals surface area contributed by atoms with Crippen LogP contribution in [0.5, 0.6) is 0 Å². The molecule has 0 saturated carbocycles. The van der Waals surface area contributed by atoms with Crippen LogP contribution >= 0.6 is 0 Å². The van der Waals surface area contributed by atoms with E-state index in [-0.39, 0.29) is 5.41 Å². The predicted octanol–water partition coefficient (Wildman–Crippen LogP) is 2.85. The lowest BCUT2D eigenvalue weighted by Crippen LogP contribution is -2.46. The number of nitrogens with one attached hydrogen (secondary N) is 1. The van der Waals surface area contributed by atoms with Gasteiger partial charge in [0.15, 0.2) is 0 Å². The number of para-hydroxylation sites is 1. The highest BCUT2D eigenvalue weighted by molar-refractivity contribution is 5.44. The molecule has 2 nitrogen and oxygen atoms in total. The fraction of sp³-hybridized carbons (Fsp3) is 0.500. The molecule has 0 spiro atoms. The van der Waals surface area contributed by atoms with Gasteiger partial charge in [-0.1, -0.05) is 39.0 Å². The van der Waals surface area contributed by atoms with Gasteiger partial charge in [-0.3, -0.25) is 0 Å². The van der Waals surface area contributed by atoms with Crippen LogP contribution in [0.3, 0.4) is 0 Å². The Morgan fingerprint density at radius 2 is 1.50 bits per heavy atom. The van der Waals surface area contributed by atoms with Crippen LogP contribution in [0.2, 0.25) is 0 Å². The number of rotatable bonds is 2. The number of hydrogen-bond donors (Lipinski definition) is 2. The molecule has 0 bridgehead atoms. The Bertz CT molecular complexity index is 285. The smallest absolute Gasteiger partial charge is 0.137 e. The van der Waals surface area contributed by atoms with Gasteiger partial charge in [0.1, 0.15) is 5.72 Å². The second-order valence-electron chi connectivity index (χ2n) is 4.81. The van der Waals surface area contributed by atoms with Crippen LogP contribution in [-0.4, -0.2) is 10.8 Å². The summed E-state index contributed by atoms with van der Waals surface area (Å²) in [4.78, 5) is 0. The van der Waals surface area contributed by atoms with Crippen LogP contribution in [0.25, 0.3) is 0 Å². The van der Waals surface area contributed by atoms with Crippen LogP contribution in [0.1, 0.15) is 27.7 Å². The van der Waals surface area contributed by atoms with Gasteiger partial charge in [-0.2, -0.15) is 0 Å². The van der Waals surface area contributed by atoms with Crippen molar-refractivity contribution in [2.24, 2.45) is 5.41 Å². The van der Waals surface area contributed by atoms with Crippen molar-refractivity contribution in [2.75, 3.05) is 5.32 Å². The summed E-state index contributed by atoms with van der Waals surface area (Å²) in [6.45, 7) is 7.80. The Hall–Kier alpha value is -1.02. The van der Waals surface area contributed by atoms with Crippen molar-refractivity contribution in [3.05, 3.63) is 30.3 Å². The summed E-state index contributed by atoms with van der Waals surface area (Å²) in [6, 6.07) is 9.74. The topological polar surface area (TPSA) is 32.3 Å². The number of aliphatic hydroxyl groups is 1. The monoisotopic (exact) mass is 193 g/mol. The highest BCUT2D eigenvalue weighted by Gasteiger charge is 2.34. The molecule has 0 aliphatic rings. The molecule has 0 amide bonds. The van der Waals surface area contributed by atoms with Crippen LogP contribution in [0.15, 0.2) is 30.3 Å². The summed E-state index contributed by atoms with van der Waals surface area (Å²) >= 11 is 0. The molecule has 1 atom stereocenters. The Morgan fingerprint density at radius 1 is 1.00 bits per heavy atom. The Labute approximate surface area is 86.0 Å². The molecule has 0 aliphatic heterocycles. The minimum absolute atomic E-state index is 0.206. The van der Waals surface area contributed by atoms with Gasteiger partial charge in [0.2, 0.25) is 0 Å². The molecule has 0 heterocycles. The third-order valence-electron chi connectivity index (χ3n) is 2.62. The van der Waals surface area contributed by atoms with Crippen molar-refractivity contribution in [3.8, 4) is 0 Å². The van der Waals surface area contributed by atoms with Crippen LogP contribution in [0.4, 0.5) is 5.69 Å². The first-order valence-corrected chi connectivity index (χ1v) is 4.88. The third kappa shape index (κ3) is 2.48. The van der Waals surface area contributed by atoms with Gasteiger partial charge < -0.3 is 10.4 Å². The predicted molar refractivity (Wildman–Crippen MR) is 60.1 cm³/mol. The number of anilines is 1. The molecule has 2 heteroatoms. The molecule has 78 valence electrons. The summed E-state index contributed by atoms with van der Waals surface area (Å²) in [6.07, 6.45) is 0. The molecule has 0 aromatic heterocycles. The lowest BCUT2D eigenvalue weighted by atomic mass is 9.84. The van der Waals surface area contributed by atoms with E-state index >= 15 is 0 Å². The van der Waals surface area contributed by atoms with E-state index in [1.807, 2.05) is 51.1 Å². The standard InChI is InChI=1S/C12H19NO/c1-11(2,3)12(4,14)13-10-8-6-5-7-9-10/h5-9,13-14H,1-4H3. The second-order valence-corrected chi connectivity index (χ2v) is 4.81. The van der Waals surface area contributed by atoms with Crippen molar-refractivity contribution in [1.82, 2.24) is 0 Å². The zero-order valence-corrected chi connectivity index (χ0v) is 9.33. The molecular weight excluding hydrogens is 174 g/mol. The second kappa shape index (κ2) is 3.62. The van der Waals surface area contributed by atoms with Crippen molar-refractivity contribution in [1.29, 1.82) is 0 Å². The Balaban J connectivity index is 2.79. The maximum absolute atomic E-state index is 10.2. The van der Waals surface area contributed by atoms with Crippen molar-refractivity contribution in [2.45, 2.75) is 33.4 Å². The van der Waals surface area contributed by atoms with Crippen LogP contribution in [-0.2, 0) is 0 Å². The van der Waals surface area contributed by atoms with Crippen LogP contribution in [0, 0.1) is 5.41 Å². The van der Waals surface area contributed by atoms with Crippen LogP contribution < -0.4 is 5.32 Å². The minimum atomic E-state index is -0.908. The average molecular weight is 193 g/mol. The fourth-order valence-electron chi connectivity index (χ4n) is 0.990. The van der Waals surface area contributed by atoms with Crippen molar-refractivity contribution < 1.29 is 5.11 Å². The summed E-state index contributed by atoms with van der Waals surface area (Å²) < 4.78 is 0. The van der Waals surface area contributed by atoms with E-state index in [2.05, 4.69) is 5.32 Å². The van der Waals surface area contributed by atoms with Gasteiger partial charge in [-0.25, -0.2) is 0 Å². The minimum Gasteiger partial charge on any atom is -0.371 e. The lowest BCUT2D eigenvalue weighted by Gasteiger charge is -2.38. The Kier molecular flexibility index (Phi) is 2.86. The molecule has 14 heavy (non-hydrogen) atoms. The van der Waals surface area contributed by atoms with Gasteiger partial charge >= 0.3 is 0 Å². The lowest BCUT2D eigenvalue weighted by molar-refractivity contribution is -0.0150. The van der Waals surface area contributed by atoms with E-state index < -0.39 is 5.72 Å². The van der Waals surface area contributed by atoms with Crippen molar-refractivity contribution >= 4 is 5.69 Å². The van der Waals surface area contributed by atoms with Gasteiger partial charge in [0.05, 0.1) is 0 Å². The highest BCUT2D eigenvalue weighted by atomic mass is 16.3. The van der Waals surface area contributed by atoms with E-state index in [1.54, 1.807) is 6.92 Å². The van der Waals surface area contributed by atoms with E-state index in [4.69, 9.17) is 0 Å². The van der Waals surface area contributed by atoms with Gasteiger partial charge in [-0.15, -0.1) is 0 Å². The summed E-state index contributed by atoms with van der Waals surface area (Å²) in [5, 5.41) is 13.3. The fourth-order valence-corrected chi connectivity index (χ4v) is 0.990. The van der Waals surface area contributed by atoms with E-state index in [1.165, 1.54) is 0 Å². The SMILES string of the molecule is CC(C)(C)C(C)(O)Nc1ccccc1. The van der Waals surface area contributed by atoms with E-state index in [9.17, 15) is 5.11 Å². The number of benzene rings is 1. The highest BCUT2D eigenvalue weighted by Crippen LogP contribution is 2.30. The third-order valence-corrected chi connectivity index (χ3v) is 2.62. The van der Waals surface area contributed by atoms with E-state index in [0.717, 1.165) is 5.69 Å². The molecule has 1 aromatic carbocycles. The molecule has 0 saturated heterocycles. The number of hydrogen-bond acceptors (Lipinski definition) is 2. The first kappa shape index (κ1) is 11.1. The van der Waals surface area contributed by atoms with Crippen molar-refractivity contribution in [3.63, 3.8) is 0 Å². The first-order chi connectivity index (χ1) is 6.33. The molecule has 0 fully saturated rings. The maximum Gasteiger partial charge on any atom is 0.137 e. The summed E-state index contributed by atoms with van der Waals surface area (Å²) in [5.41, 5.74) is -0.176. The molecule has 0 radical (unpaired) electrons. The zero-order valence-electron chi connectivity index (χ0n) is 9.33. The van der Waals surface area contributed by atoms with Gasteiger partial charge in [0, 0.05) is 11.1 Å². The molecular formula is C12H19NO. The average Bonchev–Trinajstić information content (AvgIpc) is 2.03. The normalized spacial score (nSPS) is 16.1. The Morgan fingerprint density at radius 3 is 1.93 bits per heavy atom. The van der Waals surface area contributed by atoms with Gasteiger partial charge in [-0.05, 0) is 19.1 Å². The zero-order chi connectivity index (χ0) is 10.8.